The number of aryl methyl sites for hydroxylation is 2. The van der Waals surface area contributed by atoms with E-state index in [1.54, 1.807) is 7.05 Å². The third kappa shape index (κ3) is 3.60. The first-order valence-electron chi connectivity index (χ1n) is 6.58. The number of hydrogen-bond acceptors (Lipinski definition) is 3. The number of carbonyl (C=O) groups excluding carboxylic acids is 1. The number of hydrogen-bond donors (Lipinski definition) is 0. The molecule has 0 aliphatic rings. The number of carbonyl (C=O) groups is 1. The fourth-order valence-electron chi connectivity index (χ4n) is 2.08. The lowest BCUT2D eigenvalue weighted by molar-refractivity contribution is -0.131. The molecule has 1 aromatic carbocycles. The minimum Gasteiger partial charge on any atom is -0.338 e. The van der Waals surface area contributed by atoms with Crippen molar-refractivity contribution in [2.45, 2.75) is 39.0 Å². The summed E-state index contributed by atoms with van der Waals surface area (Å²) in [5, 5.41) is -1.01. The van der Waals surface area contributed by atoms with Crippen LogP contribution in [-0.4, -0.2) is 37.8 Å². The maximum Gasteiger partial charge on any atom is 0.240 e. The maximum absolute atomic E-state index is 12.2. The van der Waals surface area contributed by atoms with Crippen molar-refractivity contribution >= 4 is 15.7 Å². The number of nitrogens with zero attached hydrogens (tertiary/aromatic N) is 1. The lowest BCUT2D eigenvalue weighted by atomic mass is 9.99. The van der Waals surface area contributed by atoms with E-state index < -0.39 is 15.1 Å². The summed E-state index contributed by atoms with van der Waals surface area (Å²) in [6, 6.07) is 5.91. The molecule has 0 bridgehead atoms. The van der Waals surface area contributed by atoms with Crippen LogP contribution in [0, 0.1) is 13.8 Å². The molecule has 0 saturated heterocycles. The zero-order chi connectivity index (χ0) is 15.7. The highest BCUT2D eigenvalue weighted by Crippen LogP contribution is 2.24. The van der Waals surface area contributed by atoms with Gasteiger partial charge >= 0.3 is 0 Å². The van der Waals surface area contributed by atoms with Crippen molar-refractivity contribution in [2.24, 2.45) is 0 Å². The molecule has 0 N–H and O–H groups in total. The Bertz CT molecular complexity index is 608. The first-order chi connectivity index (χ1) is 9.05. The molecule has 0 fully saturated rings. The molecule has 0 aliphatic heterocycles. The van der Waals surface area contributed by atoms with Gasteiger partial charge in [-0.25, -0.2) is 8.42 Å². The standard InChI is InChI=1S/C15H23NO3S/c1-10-7-8-11(2)14(9-10)12(3)16(5)15(17)13(4)20(6,18)19/h7-9,12-13H,1-6H3/t12-,13-/m1/s1. The average molecular weight is 297 g/mol. The fraction of sp³-hybridized carbons (Fsp3) is 0.533. The van der Waals surface area contributed by atoms with E-state index in [-0.39, 0.29) is 11.9 Å². The summed E-state index contributed by atoms with van der Waals surface area (Å²) in [5.74, 6) is -0.374. The van der Waals surface area contributed by atoms with Gasteiger partial charge in [-0.3, -0.25) is 4.79 Å². The quantitative estimate of drug-likeness (QED) is 0.856. The lowest BCUT2D eigenvalue weighted by Gasteiger charge is -2.28. The zero-order valence-electron chi connectivity index (χ0n) is 13.0. The molecule has 0 heterocycles. The second kappa shape index (κ2) is 5.95. The third-order valence-corrected chi connectivity index (χ3v) is 5.29. The summed E-state index contributed by atoms with van der Waals surface area (Å²) in [4.78, 5) is 13.8. The molecular formula is C15H23NO3S. The Labute approximate surface area is 121 Å². The van der Waals surface area contributed by atoms with Crippen molar-refractivity contribution in [1.29, 1.82) is 0 Å². The SMILES string of the molecule is Cc1ccc(C)c([C@@H](C)N(C)C(=O)[C@@H](C)S(C)(=O)=O)c1. The Kier molecular flexibility index (Phi) is 4.97. The largest absolute Gasteiger partial charge is 0.338 e. The van der Waals surface area contributed by atoms with E-state index in [1.807, 2.05) is 39.0 Å². The molecular weight excluding hydrogens is 274 g/mol. The predicted octanol–water partition coefficient (Wildman–Crippen LogP) is 2.26. The summed E-state index contributed by atoms with van der Waals surface area (Å²) >= 11 is 0. The van der Waals surface area contributed by atoms with Crippen LogP contribution < -0.4 is 0 Å². The number of benzene rings is 1. The van der Waals surface area contributed by atoms with E-state index in [0.29, 0.717) is 0 Å². The Morgan fingerprint density at radius 1 is 1.20 bits per heavy atom. The smallest absolute Gasteiger partial charge is 0.240 e. The molecule has 0 aromatic heterocycles. The van der Waals surface area contributed by atoms with Gasteiger partial charge in [0.15, 0.2) is 9.84 Å². The zero-order valence-corrected chi connectivity index (χ0v) is 13.8. The van der Waals surface area contributed by atoms with Crippen LogP contribution in [0.1, 0.15) is 36.6 Å². The first kappa shape index (κ1) is 16.7. The van der Waals surface area contributed by atoms with Crippen molar-refractivity contribution < 1.29 is 13.2 Å². The molecule has 0 aliphatic carbocycles. The van der Waals surface area contributed by atoms with E-state index in [4.69, 9.17) is 0 Å². The van der Waals surface area contributed by atoms with Gasteiger partial charge in [0.1, 0.15) is 5.25 Å². The van der Waals surface area contributed by atoms with Crippen LogP contribution in [-0.2, 0) is 14.6 Å². The highest BCUT2D eigenvalue weighted by Gasteiger charge is 2.29. The Hall–Kier alpha value is -1.36. The topological polar surface area (TPSA) is 54.5 Å². The average Bonchev–Trinajstić information content (AvgIpc) is 2.37. The van der Waals surface area contributed by atoms with Gasteiger partial charge in [0, 0.05) is 13.3 Å². The Balaban J connectivity index is 3.05. The van der Waals surface area contributed by atoms with Gasteiger partial charge < -0.3 is 4.90 Å². The maximum atomic E-state index is 12.2. The molecule has 0 radical (unpaired) electrons. The number of rotatable bonds is 4. The molecule has 1 aromatic rings. The van der Waals surface area contributed by atoms with Crippen LogP contribution in [0.2, 0.25) is 0 Å². The van der Waals surface area contributed by atoms with Crippen molar-refractivity contribution in [3.8, 4) is 0 Å². The monoisotopic (exact) mass is 297 g/mol. The highest BCUT2D eigenvalue weighted by molar-refractivity contribution is 7.92. The van der Waals surface area contributed by atoms with Gasteiger partial charge in [0.2, 0.25) is 5.91 Å². The summed E-state index contributed by atoms with van der Waals surface area (Å²) in [7, 11) is -1.72. The van der Waals surface area contributed by atoms with Crippen LogP contribution in [0.5, 0.6) is 0 Å². The third-order valence-electron chi connectivity index (χ3n) is 3.80. The summed E-state index contributed by atoms with van der Waals surface area (Å²) in [5.41, 5.74) is 3.26. The Morgan fingerprint density at radius 2 is 1.75 bits per heavy atom. The molecule has 2 atom stereocenters. The van der Waals surface area contributed by atoms with Gasteiger partial charge in [-0.1, -0.05) is 23.8 Å². The van der Waals surface area contributed by atoms with Crippen molar-refractivity contribution in [2.75, 3.05) is 13.3 Å². The van der Waals surface area contributed by atoms with Gasteiger partial charge in [-0.2, -0.15) is 0 Å². The van der Waals surface area contributed by atoms with Gasteiger partial charge in [0.25, 0.3) is 0 Å². The molecule has 20 heavy (non-hydrogen) atoms. The van der Waals surface area contributed by atoms with Crippen LogP contribution in [0.3, 0.4) is 0 Å². The van der Waals surface area contributed by atoms with Crippen LogP contribution >= 0.6 is 0 Å². The highest BCUT2D eigenvalue weighted by atomic mass is 32.2. The van der Waals surface area contributed by atoms with Crippen LogP contribution in [0.25, 0.3) is 0 Å². The minimum absolute atomic E-state index is 0.161. The van der Waals surface area contributed by atoms with E-state index >= 15 is 0 Å². The Morgan fingerprint density at radius 3 is 2.25 bits per heavy atom. The summed E-state index contributed by atoms with van der Waals surface area (Å²) < 4.78 is 23.0. The van der Waals surface area contributed by atoms with Crippen LogP contribution in [0.4, 0.5) is 0 Å². The molecule has 5 heteroatoms. The van der Waals surface area contributed by atoms with Crippen LogP contribution in [0.15, 0.2) is 18.2 Å². The number of amides is 1. The molecule has 1 amide bonds. The van der Waals surface area contributed by atoms with E-state index in [0.717, 1.165) is 22.9 Å². The normalized spacial score (nSPS) is 14.7. The van der Waals surface area contributed by atoms with Gasteiger partial charge in [0.05, 0.1) is 6.04 Å². The molecule has 4 nitrogen and oxygen atoms in total. The second-order valence-corrected chi connectivity index (χ2v) is 7.82. The summed E-state index contributed by atoms with van der Waals surface area (Å²) in [6.45, 7) is 7.33. The molecule has 112 valence electrons. The molecule has 0 spiro atoms. The van der Waals surface area contributed by atoms with Gasteiger partial charge in [-0.15, -0.1) is 0 Å². The fourth-order valence-corrected chi connectivity index (χ4v) is 2.61. The van der Waals surface area contributed by atoms with Crippen molar-refractivity contribution in [3.63, 3.8) is 0 Å². The predicted molar refractivity (Wildman–Crippen MR) is 81.4 cm³/mol. The van der Waals surface area contributed by atoms with E-state index in [9.17, 15) is 13.2 Å². The molecule has 0 unspecified atom stereocenters. The first-order valence-corrected chi connectivity index (χ1v) is 8.54. The minimum atomic E-state index is -3.37. The van der Waals surface area contributed by atoms with Crippen molar-refractivity contribution in [1.82, 2.24) is 4.90 Å². The van der Waals surface area contributed by atoms with E-state index in [2.05, 4.69) is 0 Å². The summed E-state index contributed by atoms with van der Waals surface area (Å²) in [6.07, 6.45) is 1.09. The molecule has 1 rings (SSSR count). The van der Waals surface area contributed by atoms with Crippen molar-refractivity contribution in [3.05, 3.63) is 34.9 Å². The number of sulfone groups is 1. The molecule has 0 saturated carbocycles. The lowest BCUT2D eigenvalue weighted by Crippen LogP contribution is -2.40. The van der Waals surface area contributed by atoms with Gasteiger partial charge in [-0.05, 0) is 38.8 Å². The second-order valence-electron chi connectivity index (χ2n) is 5.46. The van der Waals surface area contributed by atoms with E-state index in [1.165, 1.54) is 11.8 Å².